The Bertz CT molecular complexity index is 539. The lowest BCUT2D eigenvalue weighted by molar-refractivity contribution is -0.115. The molecule has 0 aliphatic carbocycles. The molecule has 1 aliphatic rings. The molecule has 1 atom stereocenters. The van der Waals surface area contributed by atoms with Gasteiger partial charge in [0, 0.05) is 5.56 Å². The third kappa shape index (κ3) is 4.03. The van der Waals surface area contributed by atoms with Gasteiger partial charge in [-0.05, 0) is 43.2 Å². The van der Waals surface area contributed by atoms with E-state index in [0.29, 0.717) is 0 Å². The first-order valence-corrected chi connectivity index (χ1v) is 7.88. The van der Waals surface area contributed by atoms with Crippen LogP contribution in [0.5, 0.6) is 0 Å². The number of aryl methyl sites for hydroxylation is 1. The Labute approximate surface area is 124 Å². The lowest BCUT2D eigenvalue weighted by atomic mass is 10.1. The summed E-state index contributed by atoms with van der Waals surface area (Å²) in [4.78, 5) is 12.3. The minimum Gasteiger partial charge on any atom is -0.384 e. The summed E-state index contributed by atoms with van der Waals surface area (Å²) >= 11 is 1.73. The Morgan fingerprint density at radius 2 is 2.35 bits per heavy atom. The van der Waals surface area contributed by atoms with Crippen molar-refractivity contribution in [1.29, 1.82) is 0 Å². The minimum atomic E-state index is -0.181. The number of rotatable bonds is 2. The van der Waals surface area contributed by atoms with E-state index in [1.807, 2.05) is 25.1 Å². The van der Waals surface area contributed by atoms with Crippen LogP contribution >= 0.6 is 11.8 Å². The molecule has 0 bridgehead atoms. The second-order valence-electron chi connectivity index (χ2n) is 4.85. The zero-order chi connectivity index (χ0) is 14.4. The molecule has 1 unspecified atom stereocenters. The van der Waals surface area contributed by atoms with E-state index >= 15 is 0 Å². The summed E-state index contributed by atoms with van der Waals surface area (Å²) in [6.07, 6.45) is 3.27. The van der Waals surface area contributed by atoms with Crippen molar-refractivity contribution in [2.75, 3.05) is 17.7 Å². The number of anilines is 1. The summed E-state index contributed by atoms with van der Waals surface area (Å²) in [5.41, 5.74) is 2.56. The Hall–Kier alpha value is -1.44. The molecule has 3 nitrogen and oxygen atoms in total. The molecule has 2 rings (SSSR count). The highest BCUT2D eigenvalue weighted by Crippen LogP contribution is 2.27. The van der Waals surface area contributed by atoms with Crippen LogP contribution < -0.4 is 5.32 Å². The third-order valence-electron chi connectivity index (χ3n) is 3.21. The van der Waals surface area contributed by atoms with Crippen LogP contribution in [0.4, 0.5) is 5.69 Å². The fourth-order valence-corrected chi connectivity index (χ4v) is 3.36. The first-order valence-electron chi connectivity index (χ1n) is 6.83. The van der Waals surface area contributed by atoms with Gasteiger partial charge in [0.25, 0.3) is 0 Å². The molecule has 1 aromatic rings. The number of benzene rings is 1. The lowest BCUT2D eigenvalue weighted by Gasteiger charge is -2.21. The van der Waals surface area contributed by atoms with E-state index in [4.69, 9.17) is 5.11 Å². The van der Waals surface area contributed by atoms with Crippen molar-refractivity contribution in [3.63, 3.8) is 0 Å². The molecule has 1 amide bonds. The molecule has 4 heteroatoms. The number of hydrogen-bond acceptors (Lipinski definition) is 3. The van der Waals surface area contributed by atoms with Gasteiger partial charge in [0.15, 0.2) is 0 Å². The van der Waals surface area contributed by atoms with E-state index in [1.54, 1.807) is 11.8 Å². The van der Waals surface area contributed by atoms with Gasteiger partial charge in [0.1, 0.15) is 6.61 Å². The highest BCUT2D eigenvalue weighted by molar-refractivity contribution is 8.00. The lowest BCUT2D eigenvalue weighted by Crippen LogP contribution is -2.27. The van der Waals surface area contributed by atoms with Gasteiger partial charge in [-0.3, -0.25) is 4.79 Å². The maximum Gasteiger partial charge on any atom is 0.237 e. The second-order valence-corrected chi connectivity index (χ2v) is 6.16. The maximum absolute atomic E-state index is 12.3. The van der Waals surface area contributed by atoms with Crippen molar-refractivity contribution >= 4 is 23.4 Å². The molecule has 20 heavy (non-hydrogen) atoms. The van der Waals surface area contributed by atoms with Gasteiger partial charge in [-0.25, -0.2) is 0 Å². The molecular weight excluding hydrogens is 270 g/mol. The Balaban J connectivity index is 2.14. The highest BCUT2D eigenvalue weighted by atomic mass is 32.2. The van der Waals surface area contributed by atoms with E-state index in [-0.39, 0.29) is 17.8 Å². The summed E-state index contributed by atoms with van der Waals surface area (Å²) in [6.45, 7) is 1.80. The molecule has 1 aromatic carbocycles. The fourth-order valence-electron chi connectivity index (χ4n) is 2.17. The zero-order valence-electron chi connectivity index (χ0n) is 11.6. The van der Waals surface area contributed by atoms with E-state index in [0.717, 1.165) is 35.4 Å². The number of carbonyl (C=O) groups excluding carboxylic acids is 1. The van der Waals surface area contributed by atoms with Crippen LogP contribution in [-0.2, 0) is 4.79 Å². The van der Waals surface area contributed by atoms with Crippen molar-refractivity contribution in [3.8, 4) is 11.8 Å². The normalized spacial score (nSPS) is 18.0. The van der Waals surface area contributed by atoms with Crippen molar-refractivity contribution < 1.29 is 9.90 Å². The largest absolute Gasteiger partial charge is 0.384 e. The molecule has 2 N–H and O–H groups in total. The van der Waals surface area contributed by atoms with Crippen LogP contribution in [0.25, 0.3) is 0 Å². The average molecular weight is 289 g/mol. The summed E-state index contributed by atoms with van der Waals surface area (Å²) in [5.74, 6) is 6.62. The van der Waals surface area contributed by atoms with Crippen LogP contribution in [0.1, 0.15) is 30.4 Å². The van der Waals surface area contributed by atoms with Crippen molar-refractivity contribution in [3.05, 3.63) is 29.3 Å². The Morgan fingerprint density at radius 1 is 1.50 bits per heavy atom. The predicted molar refractivity (Wildman–Crippen MR) is 83.9 cm³/mol. The summed E-state index contributed by atoms with van der Waals surface area (Å²) in [5, 5.41) is 11.8. The number of nitrogens with one attached hydrogen (secondary N) is 1. The third-order valence-corrected chi connectivity index (χ3v) is 4.58. The number of thioether (sulfide) groups is 1. The van der Waals surface area contributed by atoms with Gasteiger partial charge in [-0.1, -0.05) is 24.3 Å². The van der Waals surface area contributed by atoms with Gasteiger partial charge in [0.05, 0.1) is 10.9 Å². The first kappa shape index (κ1) is 15.0. The molecule has 0 saturated carbocycles. The van der Waals surface area contributed by atoms with Gasteiger partial charge in [-0.2, -0.15) is 0 Å². The number of amides is 1. The smallest absolute Gasteiger partial charge is 0.237 e. The van der Waals surface area contributed by atoms with Crippen LogP contribution in [0.2, 0.25) is 0 Å². The predicted octanol–water partition coefficient (Wildman–Crippen LogP) is 2.56. The monoisotopic (exact) mass is 289 g/mol. The zero-order valence-corrected chi connectivity index (χ0v) is 12.4. The summed E-state index contributed by atoms with van der Waals surface area (Å²) < 4.78 is 0. The minimum absolute atomic E-state index is 0.0444. The van der Waals surface area contributed by atoms with Crippen LogP contribution in [0.3, 0.4) is 0 Å². The van der Waals surface area contributed by atoms with Gasteiger partial charge >= 0.3 is 0 Å². The van der Waals surface area contributed by atoms with E-state index in [9.17, 15) is 4.79 Å². The Kier molecular flexibility index (Phi) is 5.51. The van der Waals surface area contributed by atoms with Crippen LogP contribution in [0, 0.1) is 18.8 Å². The van der Waals surface area contributed by atoms with Gasteiger partial charge in [0.2, 0.25) is 5.91 Å². The molecule has 1 saturated heterocycles. The standard InChI is InChI=1S/C16H19NO2S/c1-12-7-8-13(5-4-9-18)14(11-12)17-16(19)15-6-2-3-10-20-15/h7-8,11,15,18H,2-3,6,9-10H2,1H3,(H,17,19). The molecule has 106 valence electrons. The van der Waals surface area contributed by atoms with Crippen molar-refractivity contribution in [2.24, 2.45) is 0 Å². The number of carbonyl (C=O) groups is 1. The van der Waals surface area contributed by atoms with Gasteiger partial charge in [-0.15, -0.1) is 11.8 Å². The molecule has 0 spiro atoms. The summed E-state index contributed by atoms with van der Waals surface area (Å²) in [6, 6.07) is 5.75. The van der Waals surface area contributed by atoms with Crippen LogP contribution in [-0.4, -0.2) is 28.6 Å². The molecule has 0 aromatic heterocycles. The molecule has 0 radical (unpaired) electrons. The number of hydrogen-bond donors (Lipinski definition) is 2. The SMILES string of the molecule is Cc1ccc(C#CCO)c(NC(=O)C2CCCCS2)c1. The van der Waals surface area contributed by atoms with E-state index in [2.05, 4.69) is 17.2 Å². The molecular formula is C16H19NO2S. The van der Waals surface area contributed by atoms with E-state index in [1.165, 1.54) is 6.42 Å². The quantitative estimate of drug-likeness (QED) is 0.823. The number of aliphatic hydroxyl groups is 1. The molecule has 1 aliphatic heterocycles. The number of aliphatic hydroxyl groups excluding tert-OH is 1. The fraction of sp³-hybridized carbons (Fsp3) is 0.438. The topological polar surface area (TPSA) is 49.3 Å². The first-order chi connectivity index (χ1) is 9.70. The molecule has 1 heterocycles. The maximum atomic E-state index is 12.3. The van der Waals surface area contributed by atoms with Crippen molar-refractivity contribution in [2.45, 2.75) is 31.4 Å². The van der Waals surface area contributed by atoms with Crippen molar-refractivity contribution in [1.82, 2.24) is 0 Å². The summed E-state index contributed by atoms with van der Waals surface area (Å²) in [7, 11) is 0. The average Bonchev–Trinajstić information content (AvgIpc) is 2.47. The molecule has 1 fully saturated rings. The second kappa shape index (κ2) is 7.37. The van der Waals surface area contributed by atoms with Gasteiger partial charge < -0.3 is 10.4 Å². The highest BCUT2D eigenvalue weighted by Gasteiger charge is 2.22. The van der Waals surface area contributed by atoms with E-state index < -0.39 is 0 Å². The Morgan fingerprint density at radius 3 is 3.05 bits per heavy atom. The van der Waals surface area contributed by atoms with Crippen LogP contribution in [0.15, 0.2) is 18.2 Å².